The first-order valence-electron chi connectivity index (χ1n) is 7.03. The molecule has 0 spiro atoms. The van der Waals surface area contributed by atoms with Crippen molar-refractivity contribution in [1.29, 1.82) is 0 Å². The highest BCUT2D eigenvalue weighted by molar-refractivity contribution is 6.02. The molecular formula is C16H20N2O3. The third-order valence-electron chi connectivity index (χ3n) is 3.20. The lowest BCUT2D eigenvalue weighted by Gasteiger charge is -2.15. The van der Waals surface area contributed by atoms with Gasteiger partial charge in [0.05, 0.1) is 18.2 Å². The number of nitrogens with zero attached hydrogens (tertiary/aromatic N) is 1. The second kappa shape index (κ2) is 6.54. The highest BCUT2D eigenvalue weighted by atomic mass is 16.5. The maximum absolute atomic E-state index is 12.2. The number of benzene rings is 1. The van der Waals surface area contributed by atoms with Crippen molar-refractivity contribution in [3.63, 3.8) is 0 Å². The fourth-order valence-electron chi connectivity index (χ4n) is 2.20. The summed E-state index contributed by atoms with van der Waals surface area (Å²) in [5, 5.41) is 13.4. The molecule has 0 amide bonds. The summed E-state index contributed by atoms with van der Waals surface area (Å²) in [6, 6.07) is 7.63. The molecule has 0 aliphatic carbocycles. The number of para-hydroxylation sites is 1. The van der Waals surface area contributed by atoms with E-state index in [4.69, 9.17) is 4.74 Å². The number of hydrogen-bond acceptors (Lipinski definition) is 5. The minimum Gasteiger partial charge on any atom is -0.462 e. The van der Waals surface area contributed by atoms with Gasteiger partial charge in [-0.2, -0.15) is 0 Å². The Morgan fingerprint density at radius 3 is 2.81 bits per heavy atom. The topological polar surface area (TPSA) is 71.5 Å². The largest absolute Gasteiger partial charge is 0.462 e. The van der Waals surface area contributed by atoms with Gasteiger partial charge in [-0.05, 0) is 32.4 Å². The van der Waals surface area contributed by atoms with Crippen LogP contribution in [0.1, 0.15) is 29.8 Å². The number of carbonyl (C=O) groups excluding carboxylic acids is 1. The SMILES string of the molecule is CCOC(=O)c1c(NC[C@H](C)O)nc2ccccc2c1C. The van der Waals surface area contributed by atoms with Gasteiger partial charge in [-0.25, -0.2) is 9.78 Å². The molecule has 2 aromatic rings. The molecule has 1 aromatic heterocycles. The quantitative estimate of drug-likeness (QED) is 0.827. The van der Waals surface area contributed by atoms with Crippen LogP contribution in [0.2, 0.25) is 0 Å². The highest BCUT2D eigenvalue weighted by Crippen LogP contribution is 2.26. The number of esters is 1. The lowest BCUT2D eigenvalue weighted by molar-refractivity contribution is 0.0526. The van der Waals surface area contributed by atoms with Crippen molar-refractivity contribution in [3.8, 4) is 0 Å². The summed E-state index contributed by atoms with van der Waals surface area (Å²) >= 11 is 0. The van der Waals surface area contributed by atoms with Crippen LogP contribution in [0.5, 0.6) is 0 Å². The molecule has 1 atom stereocenters. The summed E-state index contributed by atoms with van der Waals surface area (Å²) in [6.07, 6.45) is -0.534. The number of aliphatic hydroxyl groups excluding tert-OH is 1. The summed E-state index contributed by atoms with van der Waals surface area (Å²) in [6.45, 7) is 5.94. The first-order chi connectivity index (χ1) is 10.0. The molecule has 5 heteroatoms. The first-order valence-corrected chi connectivity index (χ1v) is 7.03. The molecule has 112 valence electrons. The molecule has 0 unspecified atom stereocenters. The maximum atomic E-state index is 12.2. The molecule has 0 fully saturated rings. The van der Waals surface area contributed by atoms with Crippen LogP contribution in [0.15, 0.2) is 24.3 Å². The van der Waals surface area contributed by atoms with E-state index in [2.05, 4.69) is 10.3 Å². The van der Waals surface area contributed by atoms with Crippen LogP contribution in [-0.4, -0.2) is 35.3 Å². The van der Waals surface area contributed by atoms with Crippen LogP contribution in [0.25, 0.3) is 10.9 Å². The summed E-state index contributed by atoms with van der Waals surface area (Å²) in [5.41, 5.74) is 2.06. The standard InChI is InChI=1S/C16H20N2O3/c1-4-21-16(20)14-11(3)12-7-5-6-8-13(12)18-15(14)17-9-10(2)19/h5-8,10,19H,4,9H2,1-3H3,(H,17,18)/t10-/m0/s1. The molecule has 0 bridgehead atoms. The number of ether oxygens (including phenoxy) is 1. The zero-order chi connectivity index (χ0) is 15.4. The summed E-state index contributed by atoms with van der Waals surface area (Å²) in [4.78, 5) is 16.7. The van der Waals surface area contributed by atoms with Gasteiger partial charge in [-0.15, -0.1) is 0 Å². The Hall–Kier alpha value is -2.14. The number of pyridine rings is 1. The average molecular weight is 288 g/mol. The van der Waals surface area contributed by atoms with Crippen LogP contribution >= 0.6 is 0 Å². The Kier molecular flexibility index (Phi) is 4.75. The smallest absolute Gasteiger partial charge is 0.342 e. The van der Waals surface area contributed by atoms with E-state index in [9.17, 15) is 9.90 Å². The molecule has 0 radical (unpaired) electrons. The van der Waals surface area contributed by atoms with E-state index >= 15 is 0 Å². The molecule has 1 heterocycles. The molecule has 2 N–H and O–H groups in total. The molecule has 0 aliphatic rings. The Morgan fingerprint density at radius 2 is 2.14 bits per heavy atom. The number of anilines is 1. The van der Waals surface area contributed by atoms with Crippen molar-refractivity contribution >= 4 is 22.7 Å². The fraction of sp³-hybridized carbons (Fsp3) is 0.375. The van der Waals surface area contributed by atoms with E-state index in [1.54, 1.807) is 13.8 Å². The van der Waals surface area contributed by atoms with Crippen LogP contribution in [0.4, 0.5) is 5.82 Å². The monoisotopic (exact) mass is 288 g/mol. The van der Waals surface area contributed by atoms with E-state index in [1.165, 1.54) is 0 Å². The molecule has 2 rings (SSSR count). The predicted octanol–water partition coefficient (Wildman–Crippen LogP) is 2.51. The number of nitrogens with one attached hydrogen (secondary N) is 1. The van der Waals surface area contributed by atoms with E-state index < -0.39 is 12.1 Å². The van der Waals surface area contributed by atoms with E-state index in [-0.39, 0.29) is 0 Å². The third kappa shape index (κ3) is 3.31. The third-order valence-corrected chi connectivity index (χ3v) is 3.20. The second-order valence-electron chi connectivity index (χ2n) is 4.93. The van der Waals surface area contributed by atoms with Crippen molar-refractivity contribution in [1.82, 2.24) is 4.98 Å². The predicted molar refractivity (Wildman–Crippen MR) is 82.6 cm³/mol. The molecule has 1 aromatic carbocycles. The lowest BCUT2D eigenvalue weighted by Crippen LogP contribution is -2.19. The average Bonchev–Trinajstić information content (AvgIpc) is 2.45. The number of aryl methyl sites for hydroxylation is 1. The van der Waals surface area contributed by atoms with Crippen LogP contribution in [-0.2, 0) is 4.74 Å². The van der Waals surface area contributed by atoms with Gasteiger partial charge in [0.25, 0.3) is 0 Å². The van der Waals surface area contributed by atoms with Crippen molar-refractivity contribution in [3.05, 3.63) is 35.4 Å². The zero-order valence-electron chi connectivity index (χ0n) is 12.5. The molecule has 0 aliphatic heterocycles. The lowest BCUT2D eigenvalue weighted by atomic mass is 10.0. The second-order valence-corrected chi connectivity index (χ2v) is 4.93. The van der Waals surface area contributed by atoms with Gasteiger partial charge in [0.1, 0.15) is 11.4 Å². The molecular weight excluding hydrogens is 268 g/mol. The van der Waals surface area contributed by atoms with E-state index in [0.29, 0.717) is 24.5 Å². The van der Waals surface area contributed by atoms with Gasteiger partial charge in [-0.1, -0.05) is 18.2 Å². The molecule has 21 heavy (non-hydrogen) atoms. The van der Waals surface area contributed by atoms with Gasteiger partial charge >= 0.3 is 5.97 Å². The van der Waals surface area contributed by atoms with E-state index in [0.717, 1.165) is 16.5 Å². The number of aromatic nitrogens is 1. The first kappa shape index (κ1) is 15.3. The fourth-order valence-corrected chi connectivity index (χ4v) is 2.20. The number of aliphatic hydroxyl groups is 1. The Bertz CT molecular complexity index is 653. The number of rotatable bonds is 5. The highest BCUT2D eigenvalue weighted by Gasteiger charge is 2.19. The maximum Gasteiger partial charge on any atom is 0.342 e. The minimum absolute atomic E-state index is 0.306. The van der Waals surface area contributed by atoms with Gasteiger partial charge in [0.15, 0.2) is 0 Å². The van der Waals surface area contributed by atoms with E-state index in [1.807, 2.05) is 31.2 Å². The van der Waals surface area contributed by atoms with Crippen molar-refractivity contribution in [2.24, 2.45) is 0 Å². The Balaban J connectivity index is 2.56. The minimum atomic E-state index is -0.534. The zero-order valence-corrected chi connectivity index (χ0v) is 12.5. The van der Waals surface area contributed by atoms with Crippen LogP contribution < -0.4 is 5.32 Å². The summed E-state index contributed by atoms with van der Waals surface area (Å²) in [5.74, 6) is 0.0481. The van der Waals surface area contributed by atoms with Gasteiger partial charge in [0.2, 0.25) is 0 Å². The van der Waals surface area contributed by atoms with Crippen LogP contribution in [0.3, 0.4) is 0 Å². The normalized spacial score (nSPS) is 12.2. The summed E-state index contributed by atoms with van der Waals surface area (Å²) < 4.78 is 5.12. The molecule has 0 saturated carbocycles. The van der Waals surface area contributed by atoms with Gasteiger partial charge in [-0.3, -0.25) is 0 Å². The van der Waals surface area contributed by atoms with Crippen molar-refractivity contribution in [2.45, 2.75) is 26.9 Å². The van der Waals surface area contributed by atoms with Gasteiger partial charge in [0, 0.05) is 11.9 Å². The Morgan fingerprint density at radius 1 is 1.43 bits per heavy atom. The number of hydrogen-bond donors (Lipinski definition) is 2. The van der Waals surface area contributed by atoms with Gasteiger partial charge < -0.3 is 15.2 Å². The van der Waals surface area contributed by atoms with Crippen molar-refractivity contribution in [2.75, 3.05) is 18.5 Å². The van der Waals surface area contributed by atoms with Crippen LogP contribution in [0, 0.1) is 6.92 Å². The summed E-state index contributed by atoms with van der Waals surface area (Å²) in [7, 11) is 0. The Labute approximate surface area is 124 Å². The number of carbonyl (C=O) groups is 1. The molecule has 5 nitrogen and oxygen atoms in total. The number of fused-ring (bicyclic) bond motifs is 1. The molecule has 0 saturated heterocycles. The van der Waals surface area contributed by atoms with Crippen molar-refractivity contribution < 1.29 is 14.6 Å².